The Balaban J connectivity index is 2.38. The number of aryl methyl sites for hydroxylation is 1. The van der Waals surface area contributed by atoms with Gasteiger partial charge in [-0.05, 0) is 35.4 Å². The standard InChI is InChI=1S/C10H8BrClS2/c1-6-2-4-13-9(6)8(11)10-7(12)3-5-14-10/h2-5,8H,1H3. The van der Waals surface area contributed by atoms with Crippen LogP contribution in [0.2, 0.25) is 5.02 Å². The van der Waals surface area contributed by atoms with Crippen molar-refractivity contribution in [3.8, 4) is 0 Å². The highest BCUT2D eigenvalue weighted by Crippen LogP contribution is 2.41. The van der Waals surface area contributed by atoms with Crippen molar-refractivity contribution in [3.63, 3.8) is 0 Å². The van der Waals surface area contributed by atoms with E-state index in [1.54, 1.807) is 22.7 Å². The van der Waals surface area contributed by atoms with Gasteiger partial charge >= 0.3 is 0 Å². The van der Waals surface area contributed by atoms with Gasteiger partial charge in [-0.2, -0.15) is 0 Å². The number of rotatable bonds is 2. The van der Waals surface area contributed by atoms with Crippen LogP contribution in [0.4, 0.5) is 0 Å². The van der Waals surface area contributed by atoms with Gasteiger partial charge in [0.15, 0.2) is 0 Å². The van der Waals surface area contributed by atoms with Crippen molar-refractivity contribution in [3.05, 3.63) is 43.2 Å². The predicted molar refractivity (Wildman–Crippen MR) is 69.2 cm³/mol. The summed E-state index contributed by atoms with van der Waals surface area (Å²) >= 11 is 13.2. The molecule has 0 N–H and O–H groups in total. The number of hydrogen-bond acceptors (Lipinski definition) is 2. The number of halogens is 2. The topological polar surface area (TPSA) is 0 Å². The van der Waals surface area contributed by atoms with Gasteiger partial charge in [-0.25, -0.2) is 0 Å². The Kier molecular flexibility index (Phi) is 3.32. The van der Waals surface area contributed by atoms with E-state index in [-0.39, 0.29) is 4.83 Å². The zero-order chi connectivity index (χ0) is 10.1. The van der Waals surface area contributed by atoms with E-state index in [0.717, 1.165) is 5.02 Å². The van der Waals surface area contributed by atoms with Crippen LogP contribution in [0.25, 0.3) is 0 Å². The number of alkyl halides is 1. The largest absolute Gasteiger partial charge is 0.147 e. The molecule has 2 aromatic heterocycles. The summed E-state index contributed by atoms with van der Waals surface area (Å²) in [6.07, 6.45) is 0. The third kappa shape index (κ3) is 1.91. The number of thiophene rings is 2. The SMILES string of the molecule is Cc1ccsc1C(Br)c1sccc1Cl. The van der Waals surface area contributed by atoms with Crippen molar-refractivity contribution in [1.82, 2.24) is 0 Å². The Labute approximate surface area is 105 Å². The summed E-state index contributed by atoms with van der Waals surface area (Å²) in [4.78, 5) is 2.78. The Morgan fingerprint density at radius 2 is 1.86 bits per heavy atom. The molecule has 0 aliphatic carbocycles. The molecule has 2 rings (SSSR count). The first kappa shape index (κ1) is 10.7. The summed E-state index contributed by atoms with van der Waals surface area (Å²) in [6.45, 7) is 2.13. The quantitative estimate of drug-likeness (QED) is 0.664. The van der Waals surface area contributed by atoms with Crippen molar-refractivity contribution in [1.29, 1.82) is 0 Å². The van der Waals surface area contributed by atoms with Gasteiger partial charge in [0.25, 0.3) is 0 Å². The maximum atomic E-state index is 6.09. The average molecular weight is 308 g/mol. The van der Waals surface area contributed by atoms with E-state index < -0.39 is 0 Å². The highest BCUT2D eigenvalue weighted by atomic mass is 79.9. The lowest BCUT2D eigenvalue weighted by molar-refractivity contribution is 1.24. The Morgan fingerprint density at radius 3 is 2.36 bits per heavy atom. The third-order valence-electron chi connectivity index (χ3n) is 2.01. The predicted octanol–water partition coefficient (Wildman–Crippen LogP) is 5.26. The zero-order valence-corrected chi connectivity index (χ0v) is 11.4. The Hall–Kier alpha value is 0.170. The molecule has 0 spiro atoms. The Morgan fingerprint density at radius 1 is 1.21 bits per heavy atom. The monoisotopic (exact) mass is 306 g/mol. The molecule has 2 heterocycles. The van der Waals surface area contributed by atoms with Gasteiger partial charge in [-0.1, -0.05) is 27.5 Å². The molecule has 14 heavy (non-hydrogen) atoms. The van der Waals surface area contributed by atoms with Crippen LogP contribution in [-0.2, 0) is 0 Å². The minimum absolute atomic E-state index is 0.245. The minimum atomic E-state index is 0.245. The molecule has 0 bridgehead atoms. The minimum Gasteiger partial charge on any atom is -0.147 e. The van der Waals surface area contributed by atoms with Gasteiger partial charge in [-0.15, -0.1) is 22.7 Å². The fraction of sp³-hybridized carbons (Fsp3) is 0.200. The van der Waals surface area contributed by atoms with E-state index in [0.29, 0.717) is 0 Å². The smallest absolute Gasteiger partial charge is 0.0848 e. The van der Waals surface area contributed by atoms with Crippen LogP contribution >= 0.6 is 50.2 Å². The molecule has 0 fully saturated rings. The van der Waals surface area contributed by atoms with Crippen molar-refractivity contribution >= 4 is 50.2 Å². The summed E-state index contributed by atoms with van der Waals surface area (Å²) in [5, 5.41) is 4.99. The van der Waals surface area contributed by atoms with Crippen molar-refractivity contribution in [2.24, 2.45) is 0 Å². The fourth-order valence-electron chi connectivity index (χ4n) is 1.25. The highest BCUT2D eigenvalue weighted by Gasteiger charge is 2.17. The molecule has 0 aliphatic heterocycles. The summed E-state index contributed by atoms with van der Waals surface area (Å²) < 4.78 is 0. The summed E-state index contributed by atoms with van der Waals surface area (Å²) in [5.41, 5.74) is 1.32. The molecule has 0 amide bonds. The first-order chi connectivity index (χ1) is 6.70. The fourth-order valence-corrected chi connectivity index (χ4v) is 4.77. The third-order valence-corrected chi connectivity index (χ3v) is 6.04. The molecule has 0 aliphatic rings. The van der Waals surface area contributed by atoms with E-state index in [9.17, 15) is 0 Å². The van der Waals surface area contributed by atoms with Gasteiger partial charge < -0.3 is 0 Å². The molecule has 4 heteroatoms. The van der Waals surface area contributed by atoms with E-state index >= 15 is 0 Å². The van der Waals surface area contributed by atoms with Crippen molar-refractivity contribution in [2.75, 3.05) is 0 Å². The van der Waals surface area contributed by atoms with Gasteiger partial charge in [0.05, 0.1) is 9.85 Å². The van der Waals surface area contributed by atoms with E-state index in [4.69, 9.17) is 11.6 Å². The second-order valence-electron chi connectivity index (χ2n) is 2.96. The van der Waals surface area contributed by atoms with Crippen LogP contribution in [-0.4, -0.2) is 0 Å². The maximum Gasteiger partial charge on any atom is 0.0848 e. The molecule has 0 saturated heterocycles. The van der Waals surface area contributed by atoms with Gasteiger partial charge in [0, 0.05) is 9.75 Å². The van der Waals surface area contributed by atoms with Crippen LogP contribution in [0.15, 0.2) is 22.9 Å². The lowest BCUT2D eigenvalue weighted by Gasteiger charge is -2.07. The normalized spacial score (nSPS) is 13.1. The van der Waals surface area contributed by atoms with E-state index in [1.807, 2.05) is 11.4 Å². The van der Waals surface area contributed by atoms with Crippen molar-refractivity contribution in [2.45, 2.75) is 11.8 Å². The first-order valence-corrected chi connectivity index (χ1v) is 7.16. The molecule has 0 radical (unpaired) electrons. The molecule has 0 saturated carbocycles. The first-order valence-electron chi connectivity index (χ1n) is 4.11. The lowest BCUT2D eigenvalue weighted by atomic mass is 10.2. The van der Waals surface area contributed by atoms with Gasteiger partial charge in [0.1, 0.15) is 0 Å². The molecular formula is C10H8BrClS2. The van der Waals surface area contributed by atoms with Crippen molar-refractivity contribution < 1.29 is 0 Å². The van der Waals surface area contributed by atoms with Crippen LogP contribution in [0.3, 0.4) is 0 Å². The van der Waals surface area contributed by atoms with E-state index in [2.05, 4.69) is 34.3 Å². The summed E-state index contributed by atoms with van der Waals surface area (Å²) in [5.74, 6) is 0. The maximum absolute atomic E-state index is 6.09. The average Bonchev–Trinajstić information content (AvgIpc) is 2.73. The van der Waals surface area contributed by atoms with Crippen LogP contribution < -0.4 is 0 Å². The van der Waals surface area contributed by atoms with Crippen LogP contribution in [0.1, 0.15) is 20.1 Å². The Bertz CT molecular complexity index is 393. The zero-order valence-electron chi connectivity index (χ0n) is 7.46. The molecule has 0 aromatic carbocycles. The summed E-state index contributed by atoms with van der Waals surface area (Å²) in [7, 11) is 0. The molecular weight excluding hydrogens is 300 g/mol. The second kappa shape index (κ2) is 4.35. The molecule has 0 nitrogen and oxygen atoms in total. The van der Waals surface area contributed by atoms with Crippen LogP contribution in [0, 0.1) is 6.92 Å². The van der Waals surface area contributed by atoms with E-state index in [1.165, 1.54) is 15.3 Å². The highest BCUT2D eigenvalue weighted by molar-refractivity contribution is 9.09. The van der Waals surface area contributed by atoms with Gasteiger partial charge in [0.2, 0.25) is 0 Å². The van der Waals surface area contributed by atoms with Crippen LogP contribution in [0.5, 0.6) is 0 Å². The molecule has 2 aromatic rings. The lowest BCUT2D eigenvalue weighted by Crippen LogP contribution is -1.88. The molecule has 1 atom stereocenters. The number of hydrogen-bond donors (Lipinski definition) is 0. The molecule has 1 unspecified atom stereocenters. The molecule has 74 valence electrons. The van der Waals surface area contributed by atoms with Gasteiger partial charge in [-0.3, -0.25) is 0 Å². The second-order valence-corrected chi connectivity index (χ2v) is 6.18. The summed E-state index contributed by atoms with van der Waals surface area (Å²) in [6, 6.07) is 4.08.